The summed E-state index contributed by atoms with van der Waals surface area (Å²) in [4.78, 5) is 29.5. The van der Waals surface area contributed by atoms with Gasteiger partial charge < -0.3 is 16.8 Å². The molecule has 3 aromatic rings. The standard InChI is InChI=1S/C19H20N4O2S/c1-10(2)9-13-7-8-14-15(20)16(26-19(14)23-13)18(25)22-12-5-3-11(4-6-12)17(21)24/h3-8,10H,9,20H2,1-2H3,(H2,21,24)(H,22,25). The molecule has 0 fully saturated rings. The number of carbonyl (C=O) groups is 2. The van der Waals surface area contributed by atoms with Gasteiger partial charge in [0.05, 0.1) is 5.69 Å². The maximum Gasteiger partial charge on any atom is 0.267 e. The van der Waals surface area contributed by atoms with E-state index < -0.39 is 5.91 Å². The molecule has 0 aliphatic carbocycles. The Hall–Kier alpha value is -2.93. The lowest BCUT2D eigenvalue weighted by molar-refractivity contribution is 0.0998. The number of pyridine rings is 1. The number of carbonyl (C=O) groups excluding carboxylic acids is 2. The summed E-state index contributed by atoms with van der Waals surface area (Å²) in [6, 6.07) is 10.2. The number of nitrogen functional groups attached to an aromatic ring is 1. The first kappa shape index (κ1) is 17.9. The Morgan fingerprint density at radius 1 is 1.15 bits per heavy atom. The second-order valence-electron chi connectivity index (χ2n) is 6.49. The minimum Gasteiger partial charge on any atom is -0.397 e. The van der Waals surface area contributed by atoms with Crippen molar-refractivity contribution in [1.29, 1.82) is 0 Å². The molecule has 0 saturated heterocycles. The predicted molar refractivity (Wildman–Crippen MR) is 105 cm³/mol. The van der Waals surface area contributed by atoms with Crippen LogP contribution < -0.4 is 16.8 Å². The second kappa shape index (κ2) is 7.13. The highest BCUT2D eigenvalue weighted by Gasteiger charge is 2.18. The minimum absolute atomic E-state index is 0.303. The van der Waals surface area contributed by atoms with Gasteiger partial charge in [-0.25, -0.2) is 4.98 Å². The fourth-order valence-corrected chi connectivity index (χ4v) is 3.65. The van der Waals surface area contributed by atoms with Crippen LogP contribution in [-0.2, 0) is 6.42 Å². The van der Waals surface area contributed by atoms with Crippen LogP contribution in [0.15, 0.2) is 36.4 Å². The molecule has 0 aliphatic rings. The third-order valence-corrected chi connectivity index (χ3v) is 5.02. The Bertz CT molecular complexity index is 977. The number of hydrogen-bond acceptors (Lipinski definition) is 5. The summed E-state index contributed by atoms with van der Waals surface area (Å²) in [5.74, 6) is -0.314. The monoisotopic (exact) mass is 368 g/mol. The van der Waals surface area contributed by atoms with Crippen molar-refractivity contribution in [1.82, 2.24) is 4.98 Å². The third kappa shape index (κ3) is 3.67. The van der Waals surface area contributed by atoms with E-state index in [9.17, 15) is 9.59 Å². The summed E-state index contributed by atoms with van der Waals surface area (Å²) in [7, 11) is 0. The molecule has 7 heteroatoms. The van der Waals surface area contributed by atoms with Crippen LogP contribution in [-0.4, -0.2) is 16.8 Å². The topological polar surface area (TPSA) is 111 Å². The molecule has 26 heavy (non-hydrogen) atoms. The van der Waals surface area contributed by atoms with Gasteiger partial charge in [0, 0.05) is 22.3 Å². The summed E-state index contributed by atoms with van der Waals surface area (Å²) in [6.07, 6.45) is 0.876. The van der Waals surface area contributed by atoms with E-state index in [0.717, 1.165) is 22.3 Å². The van der Waals surface area contributed by atoms with Gasteiger partial charge in [0.15, 0.2) is 0 Å². The largest absolute Gasteiger partial charge is 0.397 e. The number of nitrogens with zero attached hydrogens (tertiary/aromatic N) is 1. The highest BCUT2D eigenvalue weighted by molar-refractivity contribution is 7.21. The molecule has 5 N–H and O–H groups in total. The molecule has 0 bridgehead atoms. The summed E-state index contributed by atoms with van der Waals surface area (Å²) in [6.45, 7) is 4.27. The zero-order valence-corrected chi connectivity index (χ0v) is 15.4. The third-order valence-electron chi connectivity index (χ3n) is 3.90. The van der Waals surface area contributed by atoms with Crippen LogP contribution >= 0.6 is 11.3 Å². The van der Waals surface area contributed by atoms with E-state index in [0.29, 0.717) is 27.7 Å². The Labute approximate surface area is 155 Å². The van der Waals surface area contributed by atoms with Gasteiger partial charge in [0.25, 0.3) is 5.91 Å². The molecule has 3 rings (SSSR count). The van der Waals surface area contributed by atoms with E-state index in [4.69, 9.17) is 11.5 Å². The number of nitrogens with one attached hydrogen (secondary N) is 1. The van der Waals surface area contributed by atoms with E-state index in [1.54, 1.807) is 24.3 Å². The molecule has 0 unspecified atom stereocenters. The number of anilines is 2. The average Bonchev–Trinajstić information content (AvgIpc) is 2.91. The van der Waals surface area contributed by atoms with E-state index in [2.05, 4.69) is 24.1 Å². The Morgan fingerprint density at radius 2 is 1.85 bits per heavy atom. The SMILES string of the molecule is CC(C)Cc1ccc2c(N)c(C(=O)Nc3ccc(C(N)=O)cc3)sc2n1. The van der Waals surface area contributed by atoms with Crippen molar-refractivity contribution in [3.05, 3.63) is 52.5 Å². The Balaban J connectivity index is 1.85. The highest BCUT2D eigenvalue weighted by Crippen LogP contribution is 2.33. The van der Waals surface area contributed by atoms with Crippen molar-refractivity contribution >= 4 is 44.7 Å². The van der Waals surface area contributed by atoms with Gasteiger partial charge in [-0.05, 0) is 48.7 Å². The Kier molecular flexibility index (Phi) is 4.90. The van der Waals surface area contributed by atoms with E-state index in [1.807, 2.05) is 12.1 Å². The van der Waals surface area contributed by atoms with Gasteiger partial charge in [-0.1, -0.05) is 13.8 Å². The van der Waals surface area contributed by atoms with Gasteiger partial charge in [0.2, 0.25) is 5.91 Å². The molecule has 0 radical (unpaired) electrons. The smallest absolute Gasteiger partial charge is 0.267 e. The van der Waals surface area contributed by atoms with Crippen molar-refractivity contribution in [3.63, 3.8) is 0 Å². The van der Waals surface area contributed by atoms with Crippen molar-refractivity contribution in [3.8, 4) is 0 Å². The molecule has 2 amide bonds. The summed E-state index contributed by atoms with van der Waals surface area (Å²) in [5, 5.41) is 3.57. The first-order valence-electron chi connectivity index (χ1n) is 8.24. The maximum atomic E-state index is 12.6. The van der Waals surface area contributed by atoms with Crippen molar-refractivity contribution in [2.75, 3.05) is 11.1 Å². The zero-order chi connectivity index (χ0) is 18.8. The van der Waals surface area contributed by atoms with Crippen LogP contribution in [0, 0.1) is 5.92 Å². The van der Waals surface area contributed by atoms with Crippen molar-refractivity contribution < 1.29 is 9.59 Å². The fourth-order valence-electron chi connectivity index (χ4n) is 2.64. The lowest BCUT2D eigenvalue weighted by Gasteiger charge is -2.05. The number of primary amides is 1. The normalized spacial score (nSPS) is 11.0. The number of fused-ring (bicyclic) bond motifs is 1. The van der Waals surface area contributed by atoms with Crippen LogP contribution in [0.4, 0.5) is 11.4 Å². The summed E-state index contributed by atoms with van der Waals surface area (Å²) < 4.78 is 0. The lowest BCUT2D eigenvalue weighted by atomic mass is 10.1. The molecular weight excluding hydrogens is 348 g/mol. The number of thiophene rings is 1. The zero-order valence-electron chi connectivity index (χ0n) is 14.6. The van der Waals surface area contributed by atoms with Gasteiger partial charge in [-0.15, -0.1) is 11.3 Å². The number of aromatic nitrogens is 1. The van der Waals surface area contributed by atoms with Crippen LogP contribution in [0.1, 0.15) is 39.6 Å². The molecule has 0 atom stereocenters. The number of nitrogens with two attached hydrogens (primary N) is 2. The van der Waals surface area contributed by atoms with Gasteiger partial charge >= 0.3 is 0 Å². The summed E-state index contributed by atoms with van der Waals surface area (Å²) in [5.41, 5.74) is 13.7. The van der Waals surface area contributed by atoms with E-state index >= 15 is 0 Å². The molecular formula is C19H20N4O2S. The van der Waals surface area contributed by atoms with Crippen LogP contribution in [0.25, 0.3) is 10.2 Å². The maximum absolute atomic E-state index is 12.6. The summed E-state index contributed by atoms with van der Waals surface area (Å²) >= 11 is 1.28. The first-order valence-corrected chi connectivity index (χ1v) is 9.06. The highest BCUT2D eigenvalue weighted by atomic mass is 32.1. The molecule has 0 saturated carbocycles. The fraction of sp³-hybridized carbons (Fsp3) is 0.211. The number of rotatable bonds is 5. The molecule has 2 aromatic heterocycles. The molecule has 0 aliphatic heterocycles. The lowest BCUT2D eigenvalue weighted by Crippen LogP contribution is -2.13. The molecule has 6 nitrogen and oxygen atoms in total. The quantitative estimate of drug-likeness (QED) is 0.640. The van der Waals surface area contributed by atoms with E-state index in [1.165, 1.54) is 11.3 Å². The predicted octanol–water partition coefficient (Wildman–Crippen LogP) is 3.43. The van der Waals surface area contributed by atoms with Crippen molar-refractivity contribution in [2.45, 2.75) is 20.3 Å². The number of amides is 2. The van der Waals surface area contributed by atoms with Gasteiger partial charge in [-0.3, -0.25) is 9.59 Å². The van der Waals surface area contributed by atoms with E-state index in [-0.39, 0.29) is 5.91 Å². The Morgan fingerprint density at radius 3 is 2.46 bits per heavy atom. The number of benzene rings is 1. The van der Waals surface area contributed by atoms with Gasteiger partial charge in [0.1, 0.15) is 9.71 Å². The number of hydrogen-bond donors (Lipinski definition) is 3. The van der Waals surface area contributed by atoms with Crippen LogP contribution in [0.3, 0.4) is 0 Å². The first-order chi connectivity index (χ1) is 12.3. The molecule has 0 spiro atoms. The second-order valence-corrected chi connectivity index (χ2v) is 7.49. The van der Waals surface area contributed by atoms with Crippen LogP contribution in [0.2, 0.25) is 0 Å². The average molecular weight is 368 g/mol. The minimum atomic E-state index is -0.514. The van der Waals surface area contributed by atoms with Crippen molar-refractivity contribution in [2.24, 2.45) is 11.7 Å². The molecule has 1 aromatic carbocycles. The van der Waals surface area contributed by atoms with Crippen LogP contribution in [0.5, 0.6) is 0 Å². The molecule has 134 valence electrons. The molecule has 2 heterocycles. The van der Waals surface area contributed by atoms with Gasteiger partial charge in [-0.2, -0.15) is 0 Å².